The van der Waals surface area contributed by atoms with Gasteiger partial charge in [0.15, 0.2) is 5.16 Å². The van der Waals surface area contributed by atoms with E-state index < -0.39 is 10.0 Å². The highest BCUT2D eigenvalue weighted by molar-refractivity contribution is 7.98. The van der Waals surface area contributed by atoms with Gasteiger partial charge in [0.2, 0.25) is 0 Å². The lowest BCUT2D eigenvalue weighted by Gasteiger charge is -2.31. The highest BCUT2D eigenvalue weighted by Crippen LogP contribution is 2.43. The minimum Gasteiger partial charge on any atom is -0.261 e. The topological polar surface area (TPSA) is 63.2 Å². The molecule has 7 heteroatoms. The molecular formula is C27H25N3O2S2. The van der Waals surface area contributed by atoms with Gasteiger partial charge in [-0.15, -0.1) is 0 Å². The molecule has 172 valence electrons. The summed E-state index contributed by atoms with van der Waals surface area (Å²) >= 11 is 1.51. The molecule has 5 nitrogen and oxygen atoms in total. The first kappa shape index (κ1) is 22.6. The summed E-state index contributed by atoms with van der Waals surface area (Å²) in [6.07, 6.45) is 1.46. The molecule has 0 atom stereocenters. The van der Waals surface area contributed by atoms with Gasteiger partial charge in [-0.1, -0.05) is 78.0 Å². The molecule has 4 aromatic rings. The van der Waals surface area contributed by atoms with E-state index in [-0.39, 0.29) is 11.4 Å². The smallest absolute Gasteiger partial charge is 0.261 e. The van der Waals surface area contributed by atoms with E-state index in [1.807, 2.05) is 55.5 Å². The van der Waals surface area contributed by atoms with Crippen LogP contribution in [-0.2, 0) is 22.3 Å². The van der Waals surface area contributed by atoms with Crippen LogP contribution < -0.4 is 4.31 Å². The molecule has 0 unspecified atom stereocenters. The van der Waals surface area contributed by atoms with Crippen LogP contribution in [0.2, 0.25) is 0 Å². The van der Waals surface area contributed by atoms with Crippen LogP contribution >= 0.6 is 11.8 Å². The lowest BCUT2D eigenvalue weighted by molar-refractivity contribution is 0.588. The molecule has 5 rings (SSSR count). The molecule has 0 amide bonds. The van der Waals surface area contributed by atoms with E-state index in [0.717, 1.165) is 16.7 Å². The largest absolute Gasteiger partial charge is 0.268 e. The Bertz CT molecular complexity index is 1480. The summed E-state index contributed by atoms with van der Waals surface area (Å²) in [4.78, 5) is 9.27. The first-order valence-corrected chi connectivity index (χ1v) is 13.5. The van der Waals surface area contributed by atoms with Crippen molar-refractivity contribution in [2.45, 2.75) is 43.1 Å². The maximum Gasteiger partial charge on any atom is 0.268 e. The van der Waals surface area contributed by atoms with Crippen LogP contribution in [0.3, 0.4) is 0 Å². The average Bonchev–Trinajstić information content (AvgIpc) is 2.83. The highest BCUT2D eigenvalue weighted by Gasteiger charge is 2.36. The third-order valence-electron chi connectivity index (χ3n) is 6.12. The number of fused-ring (bicyclic) bond motifs is 3. The lowest BCUT2D eigenvalue weighted by Crippen LogP contribution is -2.34. The summed E-state index contributed by atoms with van der Waals surface area (Å²) in [5.41, 5.74) is 7.66. The number of thioether (sulfide) groups is 1. The molecule has 1 aliphatic heterocycles. The van der Waals surface area contributed by atoms with Gasteiger partial charge in [-0.3, -0.25) is 4.31 Å². The van der Waals surface area contributed by atoms with Crippen molar-refractivity contribution in [2.75, 3.05) is 4.31 Å². The van der Waals surface area contributed by atoms with Crippen molar-refractivity contribution >= 4 is 27.5 Å². The van der Waals surface area contributed by atoms with Crippen LogP contribution in [0.5, 0.6) is 0 Å². The van der Waals surface area contributed by atoms with Gasteiger partial charge in [0.25, 0.3) is 10.0 Å². The molecule has 1 aliphatic rings. The average molecular weight is 488 g/mol. The lowest BCUT2D eigenvalue weighted by atomic mass is 10.1. The second kappa shape index (κ2) is 8.89. The van der Waals surface area contributed by atoms with Gasteiger partial charge in [-0.05, 0) is 49.1 Å². The van der Waals surface area contributed by atoms with E-state index in [1.165, 1.54) is 39.0 Å². The molecule has 0 N–H and O–H groups in total. The molecule has 0 radical (unpaired) electrons. The van der Waals surface area contributed by atoms with E-state index in [9.17, 15) is 8.42 Å². The molecular weight excluding hydrogens is 462 g/mol. The van der Waals surface area contributed by atoms with E-state index in [4.69, 9.17) is 4.98 Å². The minimum absolute atomic E-state index is 0.147. The number of aryl methyl sites for hydroxylation is 3. The fraction of sp³-hybridized carbons (Fsp3) is 0.185. The Kier molecular flexibility index (Phi) is 5.91. The van der Waals surface area contributed by atoms with Crippen molar-refractivity contribution in [1.29, 1.82) is 0 Å². The predicted octanol–water partition coefficient (Wildman–Crippen LogP) is 6.07. The Hall–Kier alpha value is -3.16. The summed E-state index contributed by atoms with van der Waals surface area (Å²) in [5.74, 6) is 0.716. The number of para-hydroxylation sites is 1. The van der Waals surface area contributed by atoms with E-state index in [2.05, 4.69) is 37.0 Å². The van der Waals surface area contributed by atoms with Gasteiger partial charge < -0.3 is 0 Å². The summed E-state index contributed by atoms with van der Waals surface area (Å²) in [7, 11) is -3.80. The van der Waals surface area contributed by atoms with Crippen LogP contribution in [0.1, 0.15) is 27.8 Å². The second-order valence-electron chi connectivity index (χ2n) is 8.59. The second-order valence-corrected chi connectivity index (χ2v) is 11.4. The fourth-order valence-corrected chi connectivity index (χ4v) is 6.33. The molecule has 0 aliphatic carbocycles. The molecule has 0 saturated carbocycles. The van der Waals surface area contributed by atoms with Gasteiger partial charge >= 0.3 is 0 Å². The van der Waals surface area contributed by atoms with Crippen molar-refractivity contribution in [3.05, 3.63) is 101 Å². The van der Waals surface area contributed by atoms with Gasteiger partial charge in [0.05, 0.1) is 24.1 Å². The van der Waals surface area contributed by atoms with Crippen molar-refractivity contribution in [1.82, 2.24) is 9.97 Å². The molecule has 0 spiro atoms. The van der Waals surface area contributed by atoms with Crippen LogP contribution in [0.15, 0.2) is 83.0 Å². The highest BCUT2D eigenvalue weighted by atomic mass is 32.2. The molecule has 0 fully saturated rings. The zero-order valence-corrected chi connectivity index (χ0v) is 21.0. The van der Waals surface area contributed by atoms with E-state index in [1.54, 1.807) is 0 Å². The Balaban J connectivity index is 1.50. The number of benzene rings is 3. The summed E-state index contributed by atoms with van der Waals surface area (Å²) in [5, 5.41) is 0.564. The molecule has 34 heavy (non-hydrogen) atoms. The Morgan fingerprint density at radius 3 is 2.38 bits per heavy atom. The van der Waals surface area contributed by atoms with Crippen molar-refractivity contribution in [3.63, 3.8) is 0 Å². The Morgan fingerprint density at radius 1 is 0.882 bits per heavy atom. The first-order valence-electron chi connectivity index (χ1n) is 11.1. The monoisotopic (exact) mass is 487 g/mol. The van der Waals surface area contributed by atoms with Crippen molar-refractivity contribution < 1.29 is 8.42 Å². The minimum atomic E-state index is -3.80. The van der Waals surface area contributed by atoms with Gasteiger partial charge in [0.1, 0.15) is 4.90 Å². The molecule has 1 aromatic heterocycles. The maximum atomic E-state index is 13.6. The summed E-state index contributed by atoms with van der Waals surface area (Å²) in [6.45, 7) is 6.46. The third kappa shape index (κ3) is 4.21. The molecule has 3 aromatic carbocycles. The Morgan fingerprint density at radius 2 is 1.62 bits per heavy atom. The van der Waals surface area contributed by atoms with Crippen LogP contribution in [0.25, 0.3) is 11.3 Å². The Labute approximate surface area is 205 Å². The summed E-state index contributed by atoms with van der Waals surface area (Å²) < 4.78 is 28.7. The van der Waals surface area contributed by atoms with E-state index >= 15 is 0 Å². The molecule has 0 bridgehead atoms. The maximum absolute atomic E-state index is 13.6. The van der Waals surface area contributed by atoms with Crippen molar-refractivity contribution in [2.24, 2.45) is 0 Å². The SMILES string of the molecule is Cc1ccc(CN2c3ccccc3-c3nc(SCc4ccc(C)c(C)c4)ncc3S2(=O)=O)cc1. The fourth-order valence-electron chi connectivity index (χ4n) is 4.02. The zero-order chi connectivity index (χ0) is 23.9. The summed E-state index contributed by atoms with van der Waals surface area (Å²) in [6, 6.07) is 21.8. The number of anilines is 1. The van der Waals surface area contributed by atoms with Crippen LogP contribution in [0, 0.1) is 20.8 Å². The number of hydrogen-bond donors (Lipinski definition) is 0. The number of nitrogens with zero attached hydrogens (tertiary/aromatic N) is 3. The van der Waals surface area contributed by atoms with Crippen LogP contribution in [0.4, 0.5) is 5.69 Å². The van der Waals surface area contributed by atoms with Gasteiger partial charge in [0, 0.05) is 11.3 Å². The molecule has 0 saturated heterocycles. The normalized spacial score (nSPS) is 13.9. The van der Waals surface area contributed by atoms with Gasteiger partial charge in [-0.2, -0.15) is 0 Å². The first-order chi connectivity index (χ1) is 16.3. The van der Waals surface area contributed by atoms with Crippen molar-refractivity contribution in [3.8, 4) is 11.3 Å². The van der Waals surface area contributed by atoms with Crippen LogP contribution in [-0.4, -0.2) is 18.4 Å². The number of rotatable bonds is 5. The number of sulfonamides is 1. The third-order valence-corrected chi connectivity index (χ3v) is 8.81. The predicted molar refractivity (Wildman–Crippen MR) is 137 cm³/mol. The standard InChI is InChI=1S/C27H25N3O2S2/c1-18-8-11-21(12-9-18)16-30-24-7-5-4-6-23(24)26-25(34(30,31)32)15-28-27(29-26)33-17-22-13-10-19(2)20(3)14-22/h4-15H,16-17H2,1-3H3. The molecule has 2 heterocycles. The quantitative estimate of drug-likeness (QED) is 0.253. The zero-order valence-electron chi connectivity index (χ0n) is 19.3. The van der Waals surface area contributed by atoms with E-state index in [0.29, 0.717) is 22.3 Å². The van der Waals surface area contributed by atoms with Gasteiger partial charge in [-0.25, -0.2) is 18.4 Å². The number of hydrogen-bond acceptors (Lipinski definition) is 5. The number of aromatic nitrogens is 2.